The summed E-state index contributed by atoms with van der Waals surface area (Å²) in [5, 5.41) is 7.32. The molecular weight excluding hydrogens is 356 g/mol. The SMILES string of the molecule is CC1Cc2ccccc2N1C(=O)c1n[nH]c2c1CN(C(=O)OC(C)(C)C)CC2. The number of para-hydroxylation sites is 1. The van der Waals surface area contributed by atoms with Crippen LogP contribution in [0.15, 0.2) is 24.3 Å². The van der Waals surface area contributed by atoms with E-state index in [1.807, 2.05) is 50.8 Å². The quantitative estimate of drug-likeness (QED) is 0.821. The highest BCUT2D eigenvalue weighted by Gasteiger charge is 2.36. The van der Waals surface area contributed by atoms with E-state index < -0.39 is 5.60 Å². The first-order chi connectivity index (χ1) is 13.2. The molecule has 2 aliphatic heterocycles. The van der Waals surface area contributed by atoms with E-state index in [4.69, 9.17) is 4.74 Å². The average molecular weight is 382 g/mol. The van der Waals surface area contributed by atoms with Gasteiger partial charge in [0.15, 0.2) is 5.69 Å². The Hall–Kier alpha value is -2.83. The van der Waals surface area contributed by atoms with Gasteiger partial charge in [0.05, 0.1) is 6.54 Å². The van der Waals surface area contributed by atoms with E-state index in [9.17, 15) is 9.59 Å². The Labute approximate surface area is 164 Å². The Morgan fingerprint density at radius 1 is 1.25 bits per heavy atom. The zero-order valence-electron chi connectivity index (χ0n) is 16.8. The molecule has 1 N–H and O–H groups in total. The van der Waals surface area contributed by atoms with Gasteiger partial charge >= 0.3 is 6.09 Å². The number of rotatable bonds is 1. The van der Waals surface area contributed by atoms with E-state index in [-0.39, 0.29) is 18.0 Å². The minimum atomic E-state index is -0.554. The standard InChI is InChI=1S/C21H26N4O3/c1-13-11-14-7-5-6-8-17(14)25(13)19(26)18-15-12-24(10-9-16(15)22-23-18)20(27)28-21(2,3)4/h5-8,13H,9-12H2,1-4H3,(H,22,23). The van der Waals surface area contributed by atoms with Crippen LogP contribution in [0, 0.1) is 0 Å². The molecule has 7 nitrogen and oxygen atoms in total. The van der Waals surface area contributed by atoms with Crippen molar-refractivity contribution < 1.29 is 14.3 Å². The highest BCUT2D eigenvalue weighted by Crippen LogP contribution is 2.34. The van der Waals surface area contributed by atoms with Gasteiger partial charge in [0, 0.05) is 36.0 Å². The van der Waals surface area contributed by atoms with Gasteiger partial charge in [0.25, 0.3) is 5.91 Å². The van der Waals surface area contributed by atoms with Gasteiger partial charge in [-0.05, 0) is 45.7 Å². The van der Waals surface area contributed by atoms with Gasteiger partial charge in [-0.25, -0.2) is 4.79 Å². The molecule has 1 aromatic heterocycles. The number of carbonyl (C=O) groups excluding carboxylic acids is 2. The minimum absolute atomic E-state index is 0.0720. The molecule has 1 aromatic carbocycles. The third-order valence-corrected chi connectivity index (χ3v) is 5.21. The van der Waals surface area contributed by atoms with Crippen molar-refractivity contribution in [3.05, 3.63) is 46.8 Å². The third-order valence-electron chi connectivity index (χ3n) is 5.21. The number of amides is 2. The number of fused-ring (bicyclic) bond motifs is 2. The third kappa shape index (κ3) is 3.25. The van der Waals surface area contributed by atoms with Crippen LogP contribution in [0.3, 0.4) is 0 Å². The summed E-state index contributed by atoms with van der Waals surface area (Å²) in [4.78, 5) is 29.3. The smallest absolute Gasteiger partial charge is 0.410 e. The number of benzene rings is 1. The van der Waals surface area contributed by atoms with E-state index in [1.165, 1.54) is 5.56 Å². The maximum atomic E-state index is 13.4. The zero-order chi connectivity index (χ0) is 20.1. The molecule has 0 saturated heterocycles. The molecule has 2 amide bonds. The van der Waals surface area contributed by atoms with Crippen LogP contribution in [0.2, 0.25) is 0 Å². The molecule has 1 unspecified atom stereocenters. The van der Waals surface area contributed by atoms with Crippen LogP contribution in [-0.4, -0.2) is 45.3 Å². The fourth-order valence-electron chi connectivity index (χ4n) is 3.94. The molecule has 0 radical (unpaired) electrons. The molecule has 0 fully saturated rings. The van der Waals surface area contributed by atoms with Crippen molar-refractivity contribution in [1.29, 1.82) is 0 Å². The zero-order valence-corrected chi connectivity index (χ0v) is 16.8. The second kappa shape index (κ2) is 6.65. The predicted octanol–water partition coefficient (Wildman–Crippen LogP) is 3.29. The van der Waals surface area contributed by atoms with Gasteiger partial charge in [0.2, 0.25) is 0 Å². The number of aromatic amines is 1. The van der Waals surface area contributed by atoms with E-state index in [0.717, 1.165) is 23.4 Å². The normalized spacial score (nSPS) is 18.6. The highest BCUT2D eigenvalue weighted by atomic mass is 16.6. The largest absolute Gasteiger partial charge is 0.444 e. The molecular formula is C21H26N4O3. The van der Waals surface area contributed by atoms with Crippen molar-refractivity contribution >= 4 is 17.7 Å². The van der Waals surface area contributed by atoms with E-state index >= 15 is 0 Å². The van der Waals surface area contributed by atoms with Gasteiger partial charge < -0.3 is 14.5 Å². The van der Waals surface area contributed by atoms with Gasteiger partial charge in [-0.3, -0.25) is 9.89 Å². The lowest BCUT2D eigenvalue weighted by Crippen LogP contribution is -2.41. The van der Waals surface area contributed by atoms with Crippen LogP contribution in [0.4, 0.5) is 10.5 Å². The summed E-state index contributed by atoms with van der Waals surface area (Å²) < 4.78 is 5.49. The van der Waals surface area contributed by atoms with Crippen LogP contribution in [0.1, 0.15) is 55.0 Å². The molecule has 148 valence electrons. The Morgan fingerprint density at radius 2 is 2.00 bits per heavy atom. The van der Waals surface area contributed by atoms with Crippen molar-refractivity contribution in [3.63, 3.8) is 0 Å². The predicted molar refractivity (Wildman–Crippen MR) is 105 cm³/mol. The number of hydrogen-bond donors (Lipinski definition) is 1. The first-order valence-corrected chi connectivity index (χ1v) is 9.70. The van der Waals surface area contributed by atoms with Crippen molar-refractivity contribution in [2.24, 2.45) is 0 Å². The first kappa shape index (κ1) is 18.5. The molecule has 28 heavy (non-hydrogen) atoms. The fraction of sp³-hybridized carbons (Fsp3) is 0.476. The summed E-state index contributed by atoms with van der Waals surface area (Å²) in [6, 6.07) is 8.05. The Bertz CT molecular complexity index is 928. The summed E-state index contributed by atoms with van der Waals surface area (Å²) in [5.74, 6) is -0.124. The molecule has 0 aliphatic carbocycles. The Kier molecular flexibility index (Phi) is 4.40. The lowest BCUT2D eigenvalue weighted by Gasteiger charge is -2.30. The lowest BCUT2D eigenvalue weighted by atomic mass is 10.0. The van der Waals surface area contributed by atoms with E-state index in [0.29, 0.717) is 25.2 Å². The molecule has 0 saturated carbocycles. The van der Waals surface area contributed by atoms with Crippen LogP contribution < -0.4 is 4.90 Å². The summed E-state index contributed by atoms with van der Waals surface area (Å²) in [6.07, 6.45) is 1.09. The van der Waals surface area contributed by atoms with Gasteiger partial charge in [-0.1, -0.05) is 18.2 Å². The van der Waals surface area contributed by atoms with Crippen LogP contribution in [0.5, 0.6) is 0 Å². The number of anilines is 1. The number of carbonyl (C=O) groups is 2. The first-order valence-electron chi connectivity index (χ1n) is 9.70. The Balaban J connectivity index is 1.60. The van der Waals surface area contributed by atoms with Crippen LogP contribution in [0.25, 0.3) is 0 Å². The monoisotopic (exact) mass is 382 g/mol. The fourth-order valence-corrected chi connectivity index (χ4v) is 3.94. The maximum absolute atomic E-state index is 13.4. The summed E-state index contributed by atoms with van der Waals surface area (Å²) in [7, 11) is 0. The topological polar surface area (TPSA) is 78.5 Å². The average Bonchev–Trinajstić information content (AvgIpc) is 3.19. The summed E-state index contributed by atoms with van der Waals surface area (Å²) in [5.41, 5.74) is 3.66. The highest BCUT2D eigenvalue weighted by molar-refractivity contribution is 6.07. The summed E-state index contributed by atoms with van der Waals surface area (Å²) >= 11 is 0. The van der Waals surface area contributed by atoms with E-state index in [1.54, 1.807) is 4.90 Å². The van der Waals surface area contributed by atoms with Crippen molar-refractivity contribution in [2.75, 3.05) is 11.4 Å². The Morgan fingerprint density at radius 3 is 2.75 bits per heavy atom. The van der Waals surface area contributed by atoms with Gasteiger partial charge in [-0.15, -0.1) is 0 Å². The number of hydrogen-bond acceptors (Lipinski definition) is 4. The number of nitrogens with one attached hydrogen (secondary N) is 1. The molecule has 0 spiro atoms. The number of ether oxygens (including phenoxy) is 1. The van der Waals surface area contributed by atoms with Crippen LogP contribution in [-0.2, 0) is 24.1 Å². The molecule has 3 heterocycles. The molecule has 2 aromatic rings. The second-order valence-electron chi connectivity index (χ2n) is 8.54. The van der Waals surface area contributed by atoms with Crippen LogP contribution >= 0.6 is 0 Å². The van der Waals surface area contributed by atoms with E-state index in [2.05, 4.69) is 16.3 Å². The molecule has 7 heteroatoms. The minimum Gasteiger partial charge on any atom is -0.444 e. The molecule has 4 rings (SSSR count). The lowest BCUT2D eigenvalue weighted by molar-refractivity contribution is 0.0222. The summed E-state index contributed by atoms with van der Waals surface area (Å²) in [6.45, 7) is 8.45. The number of aromatic nitrogens is 2. The molecule has 1 atom stereocenters. The maximum Gasteiger partial charge on any atom is 0.410 e. The number of H-pyrrole nitrogens is 1. The number of nitrogens with zero attached hydrogens (tertiary/aromatic N) is 3. The second-order valence-corrected chi connectivity index (χ2v) is 8.54. The van der Waals surface area contributed by atoms with Crippen molar-refractivity contribution in [3.8, 4) is 0 Å². The van der Waals surface area contributed by atoms with Gasteiger partial charge in [0.1, 0.15) is 5.60 Å². The molecule has 0 bridgehead atoms. The van der Waals surface area contributed by atoms with Gasteiger partial charge in [-0.2, -0.15) is 5.10 Å². The molecule has 2 aliphatic rings. The van der Waals surface area contributed by atoms with Crippen molar-refractivity contribution in [2.45, 2.75) is 58.7 Å². The van der Waals surface area contributed by atoms with Crippen molar-refractivity contribution in [1.82, 2.24) is 15.1 Å².